The fourth-order valence-corrected chi connectivity index (χ4v) is 3.94. The predicted octanol–water partition coefficient (Wildman–Crippen LogP) is 1.75. The van der Waals surface area contributed by atoms with E-state index in [0.29, 0.717) is 17.5 Å². The summed E-state index contributed by atoms with van der Waals surface area (Å²) in [6, 6.07) is 8.11. The number of hydrogen-bond acceptors (Lipinski definition) is 7. The Bertz CT molecular complexity index is 883. The van der Waals surface area contributed by atoms with Gasteiger partial charge in [-0.15, -0.1) is 0 Å². The highest BCUT2D eigenvalue weighted by molar-refractivity contribution is 7.89. The van der Waals surface area contributed by atoms with Gasteiger partial charge in [-0.1, -0.05) is 6.07 Å². The monoisotopic (exact) mass is 392 g/mol. The molecule has 27 heavy (non-hydrogen) atoms. The molecule has 1 aliphatic rings. The number of aryl methyl sites for hydroxylation is 1. The van der Waals surface area contributed by atoms with Gasteiger partial charge in [0, 0.05) is 31.8 Å². The van der Waals surface area contributed by atoms with Crippen molar-refractivity contribution in [2.24, 2.45) is 0 Å². The van der Waals surface area contributed by atoms with Crippen molar-refractivity contribution >= 4 is 15.8 Å². The standard InChI is InChI=1S/C18H24N4O4S/c1-14-20-17(22-9-3-4-10-22)13-18(21-14)26-11-8-19-27(23,24)16-7-5-6-15(12-16)25-2/h5-7,12-13,19H,3-4,8-11H2,1-2H3. The Morgan fingerprint density at radius 3 is 2.70 bits per heavy atom. The van der Waals surface area contributed by atoms with Crippen molar-refractivity contribution in [3.8, 4) is 11.6 Å². The highest BCUT2D eigenvalue weighted by Gasteiger charge is 2.16. The summed E-state index contributed by atoms with van der Waals surface area (Å²) in [7, 11) is -2.13. The molecule has 0 saturated carbocycles. The van der Waals surface area contributed by atoms with E-state index >= 15 is 0 Å². The summed E-state index contributed by atoms with van der Waals surface area (Å²) in [5, 5.41) is 0. The van der Waals surface area contributed by atoms with E-state index in [-0.39, 0.29) is 18.0 Å². The van der Waals surface area contributed by atoms with E-state index in [1.807, 2.05) is 6.92 Å². The van der Waals surface area contributed by atoms with Crippen LogP contribution in [0, 0.1) is 6.92 Å². The molecule has 0 bridgehead atoms. The first-order valence-corrected chi connectivity index (χ1v) is 10.3. The molecule has 0 spiro atoms. The smallest absolute Gasteiger partial charge is 0.240 e. The van der Waals surface area contributed by atoms with Crippen LogP contribution in [0.4, 0.5) is 5.82 Å². The van der Waals surface area contributed by atoms with E-state index in [4.69, 9.17) is 9.47 Å². The van der Waals surface area contributed by atoms with Gasteiger partial charge in [0.2, 0.25) is 15.9 Å². The van der Waals surface area contributed by atoms with Gasteiger partial charge < -0.3 is 14.4 Å². The predicted molar refractivity (Wildman–Crippen MR) is 102 cm³/mol. The lowest BCUT2D eigenvalue weighted by Crippen LogP contribution is -2.28. The van der Waals surface area contributed by atoms with Crippen LogP contribution in [-0.2, 0) is 10.0 Å². The van der Waals surface area contributed by atoms with Crippen molar-refractivity contribution in [1.29, 1.82) is 0 Å². The number of aromatic nitrogens is 2. The summed E-state index contributed by atoms with van der Waals surface area (Å²) in [6.07, 6.45) is 2.32. The minimum atomic E-state index is -3.63. The average molecular weight is 392 g/mol. The maximum absolute atomic E-state index is 12.3. The first kappa shape index (κ1) is 19.4. The molecule has 0 radical (unpaired) electrons. The average Bonchev–Trinajstić information content (AvgIpc) is 3.20. The lowest BCUT2D eigenvalue weighted by molar-refractivity contribution is 0.309. The molecule has 8 nitrogen and oxygen atoms in total. The Hall–Kier alpha value is -2.39. The first-order valence-electron chi connectivity index (χ1n) is 8.85. The van der Waals surface area contributed by atoms with E-state index < -0.39 is 10.0 Å². The van der Waals surface area contributed by atoms with Crippen LogP contribution in [-0.4, -0.2) is 51.7 Å². The Balaban J connectivity index is 1.56. The largest absolute Gasteiger partial charge is 0.497 e. The van der Waals surface area contributed by atoms with Crippen LogP contribution in [0.3, 0.4) is 0 Å². The molecule has 0 unspecified atom stereocenters. The molecule has 2 aromatic rings. The lowest BCUT2D eigenvalue weighted by atomic mass is 10.3. The molecule has 1 fully saturated rings. The molecule has 146 valence electrons. The second kappa shape index (κ2) is 8.53. The SMILES string of the molecule is COc1cccc(S(=O)(=O)NCCOc2cc(N3CCCC3)nc(C)n2)c1. The Labute approximate surface area is 159 Å². The van der Waals surface area contributed by atoms with Crippen molar-refractivity contribution in [1.82, 2.24) is 14.7 Å². The number of rotatable bonds is 8. The van der Waals surface area contributed by atoms with Gasteiger partial charge in [-0.2, -0.15) is 4.98 Å². The van der Waals surface area contributed by atoms with E-state index in [2.05, 4.69) is 19.6 Å². The number of hydrogen-bond donors (Lipinski definition) is 1. The van der Waals surface area contributed by atoms with Gasteiger partial charge in [0.25, 0.3) is 0 Å². The normalized spacial score (nSPS) is 14.4. The Kier molecular flexibility index (Phi) is 6.12. The van der Waals surface area contributed by atoms with Gasteiger partial charge in [0.1, 0.15) is 24.0 Å². The van der Waals surface area contributed by atoms with Gasteiger partial charge in [0.15, 0.2) is 0 Å². The van der Waals surface area contributed by atoms with Crippen LogP contribution in [0.25, 0.3) is 0 Å². The zero-order chi connectivity index (χ0) is 19.3. The Morgan fingerprint density at radius 1 is 1.19 bits per heavy atom. The maximum atomic E-state index is 12.3. The van der Waals surface area contributed by atoms with Crippen molar-refractivity contribution in [2.45, 2.75) is 24.7 Å². The van der Waals surface area contributed by atoms with Crippen LogP contribution >= 0.6 is 0 Å². The summed E-state index contributed by atoms with van der Waals surface area (Å²) in [5.74, 6) is 2.42. The number of sulfonamides is 1. The second-order valence-electron chi connectivity index (χ2n) is 6.23. The molecule has 1 aromatic carbocycles. The molecule has 1 N–H and O–H groups in total. The molecule has 0 amide bonds. The number of benzene rings is 1. The molecule has 0 atom stereocenters. The summed E-state index contributed by atoms with van der Waals surface area (Å²) < 4.78 is 37.9. The highest BCUT2D eigenvalue weighted by atomic mass is 32.2. The minimum Gasteiger partial charge on any atom is -0.497 e. The molecule has 9 heteroatoms. The molecule has 3 rings (SSSR count). The third-order valence-electron chi connectivity index (χ3n) is 4.23. The summed E-state index contributed by atoms with van der Waals surface area (Å²) >= 11 is 0. The zero-order valence-electron chi connectivity index (χ0n) is 15.5. The Morgan fingerprint density at radius 2 is 1.96 bits per heavy atom. The molecule has 1 aliphatic heterocycles. The number of ether oxygens (including phenoxy) is 2. The van der Waals surface area contributed by atoms with E-state index in [0.717, 1.165) is 31.7 Å². The quantitative estimate of drug-likeness (QED) is 0.684. The topological polar surface area (TPSA) is 93.7 Å². The zero-order valence-corrected chi connectivity index (χ0v) is 16.3. The number of nitrogens with one attached hydrogen (secondary N) is 1. The number of anilines is 1. The highest BCUT2D eigenvalue weighted by Crippen LogP contribution is 2.21. The molecule has 2 heterocycles. The van der Waals surface area contributed by atoms with Crippen LogP contribution in [0.2, 0.25) is 0 Å². The molecule has 1 saturated heterocycles. The first-order chi connectivity index (χ1) is 13.0. The van der Waals surface area contributed by atoms with Gasteiger partial charge in [-0.25, -0.2) is 18.1 Å². The van der Waals surface area contributed by atoms with E-state index in [1.54, 1.807) is 18.2 Å². The number of nitrogens with zero attached hydrogens (tertiary/aromatic N) is 3. The maximum Gasteiger partial charge on any atom is 0.240 e. The summed E-state index contributed by atoms with van der Waals surface area (Å²) in [4.78, 5) is 11.1. The molecular formula is C18H24N4O4S. The third-order valence-corrected chi connectivity index (χ3v) is 5.69. The third kappa shape index (κ3) is 5.08. The minimum absolute atomic E-state index is 0.127. The van der Waals surface area contributed by atoms with Gasteiger partial charge >= 0.3 is 0 Å². The van der Waals surface area contributed by atoms with Crippen LogP contribution in [0.15, 0.2) is 35.2 Å². The fraction of sp³-hybridized carbons (Fsp3) is 0.444. The van der Waals surface area contributed by atoms with Gasteiger partial charge in [-0.05, 0) is 31.9 Å². The van der Waals surface area contributed by atoms with Crippen molar-refractivity contribution in [2.75, 3.05) is 38.3 Å². The van der Waals surface area contributed by atoms with Crippen LogP contribution in [0.5, 0.6) is 11.6 Å². The van der Waals surface area contributed by atoms with Crippen molar-refractivity contribution < 1.29 is 17.9 Å². The fourth-order valence-electron chi connectivity index (χ4n) is 2.89. The molecule has 1 aromatic heterocycles. The van der Waals surface area contributed by atoms with E-state index in [9.17, 15) is 8.42 Å². The van der Waals surface area contributed by atoms with E-state index in [1.165, 1.54) is 19.2 Å². The second-order valence-corrected chi connectivity index (χ2v) is 8.00. The summed E-state index contributed by atoms with van der Waals surface area (Å²) in [5.41, 5.74) is 0. The van der Waals surface area contributed by atoms with Crippen molar-refractivity contribution in [3.05, 3.63) is 36.2 Å². The lowest BCUT2D eigenvalue weighted by Gasteiger charge is -2.17. The summed E-state index contributed by atoms with van der Waals surface area (Å²) in [6.45, 7) is 4.07. The molecule has 0 aliphatic carbocycles. The van der Waals surface area contributed by atoms with Crippen LogP contribution in [0.1, 0.15) is 18.7 Å². The van der Waals surface area contributed by atoms with Gasteiger partial charge in [-0.3, -0.25) is 0 Å². The van der Waals surface area contributed by atoms with Crippen molar-refractivity contribution in [3.63, 3.8) is 0 Å². The van der Waals surface area contributed by atoms with Gasteiger partial charge in [0.05, 0.1) is 12.0 Å². The number of methoxy groups -OCH3 is 1. The van der Waals surface area contributed by atoms with Crippen LogP contribution < -0.4 is 19.1 Å². The molecular weight excluding hydrogens is 368 g/mol.